The third kappa shape index (κ3) is 4.89. The van der Waals surface area contributed by atoms with Crippen LogP contribution in [0.4, 0.5) is 0 Å². The summed E-state index contributed by atoms with van der Waals surface area (Å²) in [6.07, 6.45) is 0.982. The molecule has 0 aliphatic rings. The number of benzene rings is 2. The Morgan fingerprint density at radius 2 is 1.63 bits per heavy atom. The molecule has 30 heavy (non-hydrogen) atoms. The molecule has 0 unspecified atom stereocenters. The second-order valence-corrected chi connectivity index (χ2v) is 6.43. The van der Waals surface area contributed by atoms with Gasteiger partial charge in [-0.25, -0.2) is 0 Å². The van der Waals surface area contributed by atoms with E-state index >= 15 is 0 Å². The zero-order valence-corrected chi connectivity index (χ0v) is 17.4. The van der Waals surface area contributed by atoms with Gasteiger partial charge in [0.25, 0.3) is 5.89 Å². The lowest BCUT2D eigenvalue weighted by atomic mass is 10.1. The van der Waals surface area contributed by atoms with Crippen molar-refractivity contribution in [1.82, 2.24) is 10.1 Å². The second-order valence-electron chi connectivity index (χ2n) is 6.43. The number of rotatable bonds is 9. The van der Waals surface area contributed by atoms with Gasteiger partial charge < -0.3 is 23.5 Å². The maximum absolute atomic E-state index is 12.3. The summed E-state index contributed by atoms with van der Waals surface area (Å²) >= 11 is 0. The van der Waals surface area contributed by atoms with Crippen molar-refractivity contribution >= 4 is 5.97 Å². The van der Waals surface area contributed by atoms with Crippen LogP contribution in [-0.4, -0.2) is 37.4 Å². The number of methoxy groups -OCH3 is 3. The fourth-order valence-electron chi connectivity index (χ4n) is 2.92. The Hall–Kier alpha value is -3.55. The van der Waals surface area contributed by atoms with Gasteiger partial charge >= 0.3 is 5.97 Å². The van der Waals surface area contributed by atoms with E-state index in [1.807, 2.05) is 24.3 Å². The third-order valence-corrected chi connectivity index (χ3v) is 4.52. The summed E-state index contributed by atoms with van der Waals surface area (Å²) in [6, 6.07) is 11.3. The SMILES string of the molecule is CCc1ccc(-c2noc(COC(=O)Cc3cc(OC)c(OC)c(OC)c3)n2)cc1. The van der Waals surface area contributed by atoms with Crippen molar-refractivity contribution in [2.75, 3.05) is 21.3 Å². The second kappa shape index (κ2) is 9.78. The molecule has 0 N–H and O–H groups in total. The van der Waals surface area contributed by atoms with E-state index in [9.17, 15) is 4.79 Å². The Morgan fingerprint density at radius 1 is 0.967 bits per heavy atom. The Kier molecular flexibility index (Phi) is 6.90. The van der Waals surface area contributed by atoms with Crippen LogP contribution in [0.3, 0.4) is 0 Å². The minimum Gasteiger partial charge on any atom is -0.493 e. The van der Waals surface area contributed by atoms with E-state index in [4.69, 9.17) is 23.5 Å². The largest absolute Gasteiger partial charge is 0.493 e. The van der Waals surface area contributed by atoms with E-state index in [0.717, 1.165) is 12.0 Å². The van der Waals surface area contributed by atoms with Crippen LogP contribution in [0.2, 0.25) is 0 Å². The molecule has 1 heterocycles. The first-order valence-electron chi connectivity index (χ1n) is 9.44. The molecule has 0 saturated heterocycles. The Bertz CT molecular complexity index is 972. The van der Waals surface area contributed by atoms with Gasteiger partial charge in [0.15, 0.2) is 18.1 Å². The summed E-state index contributed by atoms with van der Waals surface area (Å²) in [5.74, 6) is 1.63. The molecule has 0 aliphatic carbocycles. The molecule has 0 saturated carbocycles. The van der Waals surface area contributed by atoms with Crippen LogP contribution >= 0.6 is 0 Å². The van der Waals surface area contributed by atoms with Crippen LogP contribution < -0.4 is 14.2 Å². The average molecular weight is 412 g/mol. The van der Waals surface area contributed by atoms with Crippen molar-refractivity contribution in [2.45, 2.75) is 26.4 Å². The molecule has 8 nitrogen and oxygen atoms in total. The zero-order chi connectivity index (χ0) is 21.5. The van der Waals surface area contributed by atoms with Crippen LogP contribution in [0.25, 0.3) is 11.4 Å². The Balaban J connectivity index is 1.62. The van der Waals surface area contributed by atoms with E-state index in [1.165, 1.54) is 26.9 Å². The number of ether oxygens (including phenoxy) is 4. The molecule has 1 aromatic heterocycles. The topological polar surface area (TPSA) is 92.9 Å². The molecule has 0 radical (unpaired) electrons. The van der Waals surface area contributed by atoms with Gasteiger partial charge in [-0.15, -0.1) is 0 Å². The molecule has 0 aliphatic heterocycles. The van der Waals surface area contributed by atoms with Gasteiger partial charge in [0.05, 0.1) is 27.8 Å². The molecule has 0 spiro atoms. The van der Waals surface area contributed by atoms with Crippen molar-refractivity contribution in [3.8, 4) is 28.6 Å². The Morgan fingerprint density at radius 3 is 2.20 bits per heavy atom. The first-order valence-corrected chi connectivity index (χ1v) is 9.44. The lowest BCUT2D eigenvalue weighted by molar-refractivity contribution is -0.144. The lowest BCUT2D eigenvalue weighted by Crippen LogP contribution is -2.09. The van der Waals surface area contributed by atoms with Crippen molar-refractivity contribution in [3.63, 3.8) is 0 Å². The van der Waals surface area contributed by atoms with Crippen molar-refractivity contribution in [2.24, 2.45) is 0 Å². The number of aryl methyl sites for hydroxylation is 1. The number of carbonyl (C=O) groups is 1. The maximum atomic E-state index is 12.3. The first kappa shape index (κ1) is 21.2. The molecule has 0 fully saturated rings. The predicted octanol–water partition coefficient (Wildman–Crippen LogP) is 3.61. The van der Waals surface area contributed by atoms with Crippen molar-refractivity contribution < 1.29 is 28.3 Å². The van der Waals surface area contributed by atoms with Crippen LogP contribution in [-0.2, 0) is 29.0 Å². The summed E-state index contributed by atoms with van der Waals surface area (Å²) in [5, 5.41) is 3.94. The number of aromatic nitrogens is 2. The number of hydrogen-bond acceptors (Lipinski definition) is 8. The van der Waals surface area contributed by atoms with Crippen LogP contribution in [0, 0.1) is 0 Å². The summed E-state index contributed by atoms with van der Waals surface area (Å²) in [4.78, 5) is 16.5. The zero-order valence-electron chi connectivity index (χ0n) is 17.4. The fraction of sp³-hybridized carbons (Fsp3) is 0.318. The fourth-order valence-corrected chi connectivity index (χ4v) is 2.92. The van der Waals surface area contributed by atoms with E-state index in [2.05, 4.69) is 17.1 Å². The van der Waals surface area contributed by atoms with E-state index in [0.29, 0.717) is 28.6 Å². The molecule has 158 valence electrons. The number of hydrogen-bond donors (Lipinski definition) is 0. The number of esters is 1. The van der Waals surface area contributed by atoms with Gasteiger partial charge in [-0.3, -0.25) is 4.79 Å². The molecular weight excluding hydrogens is 388 g/mol. The highest BCUT2D eigenvalue weighted by Gasteiger charge is 2.16. The van der Waals surface area contributed by atoms with Crippen LogP contribution in [0.15, 0.2) is 40.9 Å². The number of nitrogens with zero attached hydrogens (tertiary/aromatic N) is 2. The molecule has 3 rings (SSSR count). The van der Waals surface area contributed by atoms with E-state index in [1.54, 1.807) is 12.1 Å². The van der Waals surface area contributed by atoms with Crippen LogP contribution in [0.5, 0.6) is 17.2 Å². The minimum absolute atomic E-state index is 0.0240. The normalized spacial score (nSPS) is 10.5. The quantitative estimate of drug-likeness (QED) is 0.492. The highest BCUT2D eigenvalue weighted by Crippen LogP contribution is 2.38. The molecule has 0 amide bonds. The van der Waals surface area contributed by atoms with Gasteiger partial charge in [0.2, 0.25) is 11.6 Å². The van der Waals surface area contributed by atoms with Gasteiger partial charge in [-0.1, -0.05) is 36.3 Å². The Labute approximate surface area is 174 Å². The molecule has 0 atom stereocenters. The van der Waals surface area contributed by atoms with E-state index in [-0.39, 0.29) is 18.9 Å². The average Bonchev–Trinajstić information content (AvgIpc) is 3.26. The molecule has 0 bridgehead atoms. The highest BCUT2D eigenvalue weighted by molar-refractivity contribution is 5.73. The first-order chi connectivity index (χ1) is 14.6. The summed E-state index contributed by atoms with van der Waals surface area (Å²) in [6.45, 7) is 1.98. The lowest BCUT2D eigenvalue weighted by Gasteiger charge is -2.13. The van der Waals surface area contributed by atoms with Gasteiger partial charge in [0, 0.05) is 5.56 Å². The summed E-state index contributed by atoms with van der Waals surface area (Å²) < 4.78 is 26.3. The van der Waals surface area contributed by atoms with Gasteiger partial charge in [-0.05, 0) is 29.7 Å². The van der Waals surface area contributed by atoms with Gasteiger partial charge in [0.1, 0.15) is 0 Å². The van der Waals surface area contributed by atoms with Crippen molar-refractivity contribution in [1.29, 1.82) is 0 Å². The van der Waals surface area contributed by atoms with Crippen LogP contribution in [0.1, 0.15) is 23.9 Å². The molecular formula is C22H24N2O6. The third-order valence-electron chi connectivity index (χ3n) is 4.52. The van der Waals surface area contributed by atoms with E-state index < -0.39 is 5.97 Å². The summed E-state index contributed by atoms with van der Waals surface area (Å²) in [5.41, 5.74) is 2.73. The van der Waals surface area contributed by atoms with Crippen molar-refractivity contribution in [3.05, 3.63) is 53.4 Å². The predicted molar refractivity (Wildman–Crippen MR) is 109 cm³/mol. The minimum atomic E-state index is -0.448. The summed E-state index contributed by atoms with van der Waals surface area (Å²) in [7, 11) is 4.55. The standard InChI is InChI=1S/C22H24N2O6/c1-5-14-6-8-16(9-7-14)22-23-19(30-24-22)13-29-20(25)12-15-10-17(26-2)21(28-4)18(11-15)27-3/h6-11H,5,12-13H2,1-4H3. The monoisotopic (exact) mass is 412 g/mol. The highest BCUT2D eigenvalue weighted by atomic mass is 16.6. The molecule has 3 aromatic rings. The maximum Gasteiger partial charge on any atom is 0.310 e. The molecule has 2 aromatic carbocycles. The van der Waals surface area contributed by atoms with Gasteiger partial charge in [-0.2, -0.15) is 4.98 Å². The number of carbonyl (C=O) groups excluding carboxylic acids is 1. The smallest absolute Gasteiger partial charge is 0.310 e. The molecule has 8 heteroatoms.